The maximum Gasteiger partial charge on any atom is 0.323 e. The van der Waals surface area contributed by atoms with Crippen molar-refractivity contribution in [2.24, 2.45) is 0 Å². The number of halogens is 1. The minimum Gasteiger partial charge on any atom is -0.508 e. The Hall–Kier alpha value is -2.40. The molecular weight excluding hydrogens is 292 g/mol. The number of hydrogen-bond donors (Lipinski definition) is 3. The fourth-order valence-corrected chi connectivity index (χ4v) is 1.95. The van der Waals surface area contributed by atoms with Gasteiger partial charge in [-0.2, -0.15) is 0 Å². The Labute approximate surface area is 127 Å². The van der Waals surface area contributed by atoms with Gasteiger partial charge in [-0.3, -0.25) is 0 Å². The highest BCUT2D eigenvalue weighted by Gasteiger charge is 2.10. The van der Waals surface area contributed by atoms with Crippen LogP contribution in [0.3, 0.4) is 0 Å². The predicted octanol–water partition coefficient (Wildman–Crippen LogP) is 4.01. The van der Waals surface area contributed by atoms with E-state index in [2.05, 4.69) is 10.6 Å². The number of phenols is 1. The van der Waals surface area contributed by atoms with Crippen LogP contribution in [0, 0.1) is 6.92 Å². The fourth-order valence-electron chi connectivity index (χ4n) is 1.80. The largest absolute Gasteiger partial charge is 0.508 e. The quantitative estimate of drug-likeness (QED) is 0.802. The van der Waals surface area contributed by atoms with Crippen LogP contribution >= 0.6 is 11.6 Å². The zero-order valence-electron chi connectivity index (χ0n) is 11.6. The van der Waals surface area contributed by atoms with Crippen LogP contribution in [0.5, 0.6) is 11.5 Å². The van der Waals surface area contributed by atoms with Crippen LogP contribution in [0.4, 0.5) is 16.2 Å². The molecule has 0 heterocycles. The van der Waals surface area contributed by atoms with Crippen LogP contribution < -0.4 is 15.4 Å². The van der Waals surface area contributed by atoms with Gasteiger partial charge in [-0.05, 0) is 30.7 Å². The molecule has 0 unspecified atom stereocenters. The number of rotatable bonds is 3. The van der Waals surface area contributed by atoms with Crippen molar-refractivity contribution < 1.29 is 14.6 Å². The van der Waals surface area contributed by atoms with Crippen LogP contribution in [-0.4, -0.2) is 18.2 Å². The summed E-state index contributed by atoms with van der Waals surface area (Å²) in [6.07, 6.45) is 0. The van der Waals surface area contributed by atoms with Gasteiger partial charge < -0.3 is 20.5 Å². The summed E-state index contributed by atoms with van der Waals surface area (Å²) in [5, 5.41) is 15.2. The van der Waals surface area contributed by atoms with Gasteiger partial charge in [0.05, 0.1) is 12.8 Å². The topological polar surface area (TPSA) is 70.6 Å². The van der Waals surface area contributed by atoms with Crippen molar-refractivity contribution >= 4 is 29.0 Å². The standard InChI is InChI=1S/C15H15ClN2O3/c1-9-6-13(14(21-2)8-12(9)16)18-15(20)17-10-4-3-5-11(19)7-10/h3-8,19H,1-2H3,(H2,17,18,20). The number of urea groups is 1. The van der Waals surface area contributed by atoms with E-state index in [4.69, 9.17) is 16.3 Å². The van der Waals surface area contributed by atoms with Gasteiger partial charge in [-0.25, -0.2) is 4.79 Å². The molecule has 0 atom stereocenters. The number of aromatic hydroxyl groups is 1. The molecule has 0 saturated carbocycles. The summed E-state index contributed by atoms with van der Waals surface area (Å²) in [5.74, 6) is 0.546. The molecule has 21 heavy (non-hydrogen) atoms. The highest BCUT2D eigenvalue weighted by atomic mass is 35.5. The first-order chi connectivity index (χ1) is 9.99. The highest BCUT2D eigenvalue weighted by Crippen LogP contribution is 2.31. The van der Waals surface area contributed by atoms with Crippen LogP contribution in [0.15, 0.2) is 36.4 Å². The first-order valence-electron chi connectivity index (χ1n) is 6.21. The number of methoxy groups -OCH3 is 1. The van der Waals surface area contributed by atoms with Gasteiger partial charge in [-0.1, -0.05) is 17.7 Å². The van der Waals surface area contributed by atoms with Crippen LogP contribution in [-0.2, 0) is 0 Å². The molecule has 2 aromatic rings. The van der Waals surface area contributed by atoms with Crippen molar-refractivity contribution in [2.75, 3.05) is 17.7 Å². The van der Waals surface area contributed by atoms with Crippen molar-refractivity contribution in [1.82, 2.24) is 0 Å². The van der Waals surface area contributed by atoms with E-state index in [-0.39, 0.29) is 5.75 Å². The van der Waals surface area contributed by atoms with E-state index < -0.39 is 6.03 Å². The van der Waals surface area contributed by atoms with Gasteiger partial charge >= 0.3 is 6.03 Å². The number of amides is 2. The van der Waals surface area contributed by atoms with E-state index in [0.717, 1.165) is 5.56 Å². The number of anilines is 2. The number of carbonyl (C=O) groups is 1. The molecule has 0 aromatic heterocycles. The summed E-state index contributed by atoms with van der Waals surface area (Å²) in [6, 6.07) is 9.20. The molecule has 2 aromatic carbocycles. The highest BCUT2D eigenvalue weighted by molar-refractivity contribution is 6.31. The summed E-state index contributed by atoms with van der Waals surface area (Å²) in [5.41, 5.74) is 1.82. The molecule has 0 saturated heterocycles. The van der Waals surface area contributed by atoms with Crippen molar-refractivity contribution in [1.29, 1.82) is 0 Å². The molecule has 0 bridgehead atoms. The predicted molar refractivity (Wildman–Crippen MR) is 83.5 cm³/mol. The van der Waals surface area contributed by atoms with Crippen LogP contribution in [0.1, 0.15) is 5.56 Å². The van der Waals surface area contributed by atoms with E-state index in [1.807, 2.05) is 6.92 Å². The fraction of sp³-hybridized carbons (Fsp3) is 0.133. The van der Waals surface area contributed by atoms with E-state index in [1.54, 1.807) is 24.3 Å². The first kappa shape index (κ1) is 15.0. The molecule has 6 heteroatoms. The number of hydrogen-bond acceptors (Lipinski definition) is 3. The lowest BCUT2D eigenvalue weighted by atomic mass is 10.2. The normalized spacial score (nSPS) is 10.0. The van der Waals surface area contributed by atoms with Gasteiger partial charge in [0.2, 0.25) is 0 Å². The minimum atomic E-state index is -0.444. The summed E-state index contributed by atoms with van der Waals surface area (Å²) in [4.78, 5) is 12.0. The molecule has 2 rings (SSSR count). The zero-order chi connectivity index (χ0) is 15.4. The molecule has 110 valence electrons. The Morgan fingerprint density at radius 3 is 2.67 bits per heavy atom. The lowest BCUT2D eigenvalue weighted by Crippen LogP contribution is -2.19. The molecule has 0 radical (unpaired) electrons. The van der Waals surface area contributed by atoms with Crippen molar-refractivity contribution in [3.05, 3.63) is 47.0 Å². The average Bonchev–Trinajstić information content (AvgIpc) is 2.42. The van der Waals surface area contributed by atoms with Crippen molar-refractivity contribution in [2.45, 2.75) is 6.92 Å². The first-order valence-corrected chi connectivity index (χ1v) is 6.58. The van der Waals surface area contributed by atoms with Gasteiger partial charge in [0.25, 0.3) is 0 Å². The van der Waals surface area contributed by atoms with Gasteiger partial charge in [0.1, 0.15) is 11.5 Å². The van der Waals surface area contributed by atoms with Gasteiger partial charge in [0, 0.05) is 22.8 Å². The molecule has 0 aliphatic heterocycles. The Kier molecular flexibility index (Phi) is 4.55. The molecule has 3 N–H and O–H groups in total. The molecule has 0 aliphatic rings. The molecule has 2 amide bonds. The van der Waals surface area contributed by atoms with Crippen molar-refractivity contribution in [3.63, 3.8) is 0 Å². The second-order valence-corrected chi connectivity index (χ2v) is 4.84. The number of benzene rings is 2. The maximum atomic E-state index is 12.0. The third-order valence-corrected chi connectivity index (χ3v) is 3.24. The summed E-state index contributed by atoms with van der Waals surface area (Å²) in [7, 11) is 1.50. The Bertz CT molecular complexity index is 674. The summed E-state index contributed by atoms with van der Waals surface area (Å²) >= 11 is 6.01. The summed E-state index contributed by atoms with van der Waals surface area (Å²) in [6.45, 7) is 1.83. The Balaban J connectivity index is 2.14. The number of carbonyl (C=O) groups excluding carboxylic acids is 1. The monoisotopic (exact) mass is 306 g/mol. The second kappa shape index (κ2) is 6.37. The Morgan fingerprint density at radius 2 is 2.00 bits per heavy atom. The van der Waals surface area contributed by atoms with Crippen LogP contribution in [0.25, 0.3) is 0 Å². The minimum absolute atomic E-state index is 0.0766. The lowest BCUT2D eigenvalue weighted by molar-refractivity contribution is 0.262. The number of ether oxygens (including phenoxy) is 1. The van der Waals surface area contributed by atoms with Gasteiger partial charge in [-0.15, -0.1) is 0 Å². The number of aryl methyl sites for hydroxylation is 1. The summed E-state index contributed by atoms with van der Waals surface area (Å²) < 4.78 is 5.18. The molecule has 5 nitrogen and oxygen atoms in total. The van der Waals surface area contributed by atoms with Gasteiger partial charge in [0.15, 0.2) is 0 Å². The van der Waals surface area contributed by atoms with E-state index in [1.165, 1.54) is 19.2 Å². The maximum absolute atomic E-state index is 12.0. The second-order valence-electron chi connectivity index (χ2n) is 4.43. The third-order valence-electron chi connectivity index (χ3n) is 2.83. The average molecular weight is 307 g/mol. The molecule has 0 fully saturated rings. The smallest absolute Gasteiger partial charge is 0.323 e. The Morgan fingerprint density at radius 1 is 1.24 bits per heavy atom. The molecule has 0 aliphatic carbocycles. The van der Waals surface area contributed by atoms with Crippen LogP contribution in [0.2, 0.25) is 5.02 Å². The SMILES string of the molecule is COc1cc(Cl)c(C)cc1NC(=O)Nc1cccc(O)c1. The van der Waals surface area contributed by atoms with Crippen molar-refractivity contribution in [3.8, 4) is 11.5 Å². The number of nitrogens with one attached hydrogen (secondary N) is 2. The van der Waals surface area contributed by atoms with E-state index in [9.17, 15) is 9.90 Å². The zero-order valence-corrected chi connectivity index (χ0v) is 12.4. The molecular formula is C15H15ClN2O3. The van der Waals surface area contributed by atoms with E-state index >= 15 is 0 Å². The lowest BCUT2D eigenvalue weighted by Gasteiger charge is -2.13. The number of phenolic OH excluding ortho intramolecular Hbond substituents is 1. The van der Waals surface area contributed by atoms with E-state index in [0.29, 0.717) is 22.1 Å². The molecule has 0 spiro atoms. The third kappa shape index (κ3) is 3.79.